The van der Waals surface area contributed by atoms with E-state index in [0.29, 0.717) is 19.5 Å². The van der Waals surface area contributed by atoms with E-state index in [1.165, 1.54) is 0 Å². The fraction of sp³-hybridized carbons (Fsp3) is 0.520. The maximum atomic E-state index is 13.3. The molecule has 0 unspecified atom stereocenters. The van der Waals surface area contributed by atoms with Gasteiger partial charge < -0.3 is 14.4 Å². The molecule has 30 heavy (non-hydrogen) atoms. The second-order valence-corrected chi connectivity index (χ2v) is 8.27. The molecule has 0 fully saturated rings. The molecule has 2 aromatic rings. The van der Waals surface area contributed by atoms with Crippen LogP contribution in [0.15, 0.2) is 48.7 Å². The van der Waals surface area contributed by atoms with E-state index in [9.17, 15) is 9.59 Å². The first-order chi connectivity index (χ1) is 14.4. The molecule has 0 saturated carbocycles. The third-order valence-corrected chi connectivity index (χ3v) is 5.47. The monoisotopic (exact) mass is 411 g/mol. The molecule has 1 aromatic heterocycles. The lowest BCUT2D eigenvalue weighted by Gasteiger charge is -2.30. The number of aryl methyl sites for hydroxylation is 1. The molecule has 164 valence electrons. The molecule has 5 nitrogen and oxygen atoms in total. The lowest BCUT2D eigenvalue weighted by Crippen LogP contribution is -2.45. The Morgan fingerprint density at radius 2 is 1.67 bits per heavy atom. The lowest BCUT2D eigenvalue weighted by molar-refractivity contribution is -0.142. The van der Waals surface area contributed by atoms with Gasteiger partial charge in [-0.2, -0.15) is 0 Å². The number of rotatable bonds is 12. The predicted molar refractivity (Wildman–Crippen MR) is 122 cm³/mol. The van der Waals surface area contributed by atoms with E-state index >= 15 is 0 Å². The molecule has 1 heterocycles. The van der Waals surface area contributed by atoms with E-state index in [0.717, 1.165) is 36.9 Å². The maximum Gasteiger partial charge on any atom is 0.242 e. The Hall–Kier alpha value is -2.56. The highest BCUT2D eigenvalue weighted by molar-refractivity contribution is 5.85. The van der Waals surface area contributed by atoms with Crippen LogP contribution in [0.1, 0.15) is 64.1 Å². The summed E-state index contributed by atoms with van der Waals surface area (Å²) < 4.78 is 2.03. The van der Waals surface area contributed by atoms with Gasteiger partial charge in [0.05, 0.1) is 13.1 Å². The van der Waals surface area contributed by atoms with E-state index in [1.54, 1.807) is 4.90 Å². The Morgan fingerprint density at radius 3 is 2.27 bits per heavy atom. The topological polar surface area (TPSA) is 45.6 Å². The smallest absolute Gasteiger partial charge is 0.242 e. The standard InChI is InChI=1S/C25H37N3O2/c1-5-6-7-11-16-24(29)28(21(2)3)20-25(30)27(18-22-13-9-8-10-14-22)19-23-15-12-17-26(23)4/h8-10,12-15,17,21H,5-7,11,16,18-20H2,1-4H3. The maximum absolute atomic E-state index is 13.3. The van der Waals surface area contributed by atoms with E-state index in [4.69, 9.17) is 0 Å². The SMILES string of the molecule is CCCCCCC(=O)N(CC(=O)N(Cc1ccccc1)Cc1cccn1C)C(C)C. The fourth-order valence-corrected chi connectivity index (χ4v) is 3.54. The number of hydrogen-bond donors (Lipinski definition) is 0. The predicted octanol–water partition coefficient (Wildman–Crippen LogP) is 4.76. The van der Waals surface area contributed by atoms with Gasteiger partial charge in [0.25, 0.3) is 0 Å². The van der Waals surface area contributed by atoms with Crippen LogP contribution in [-0.4, -0.2) is 38.8 Å². The van der Waals surface area contributed by atoms with E-state index in [2.05, 4.69) is 6.92 Å². The molecule has 0 bridgehead atoms. The van der Waals surface area contributed by atoms with Crippen LogP contribution in [-0.2, 0) is 29.7 Å². The quantitative estimate of drug-likeness (QED) is 0.473. The molecule has 1 aromatic carbocycles. The average Bonchev–Trinajstić information content (AvgIpc) is 3.13. The van der Waals surface area contributed by atoms with Gasteiger partial charge in [-0.25, -0.2) is 0 Å². The van der Waals surface area contributed by atoms with Crippen molar-refractivity contribution in [1.82, 2.24) is 14.4 Å². The number of hydrogen-bond acceptors (Lipinski definition) is 2. The van der Waals surface area contributed by atoms with Crippen LogP contribution in [0.4, 0.5) is 0 Å². The summed E-state index contributed by atoms with van der Waals surface area (Å²) in [5.74, 6) is 0.0589. The third-order valence-electron chi connectivity index (χ3n) is 5.47. The summed E-state index contributed by atoms with van der Waals surface area (Å²) in [6.45, 7) is 7.30. The molecule has 0 aliphatic carbocycles. The zero-order chi connectivity index (χ0) is 21.9. The van der Waals surface area contributed by atoms with Gasteiger partial charge in [0.2, 0.25) is 11.8 Å². The number of carbonyl (C=O) groups is 2. The summed E-state index contributed by atoms with van der Waals surface area (Å²) in [6.07, 6.45) is 6.75. The molecule has 0 aliphatic heterocycles. The first-order valence-electron chi connectivity index (χ1n) is 11.1. The zero-order valence-electron chi connectivity index (χ0n) is 19.0. The molecular weight excluding hydrogens is 374 g/mol. The highest BCUT2D eigenvalue weighted by Gasteiger charge is 2.24. The number of unbranched alkanes of at least 4 members (excludes halogenated alkanes) is 3. The molecule has 2 amide bonds. The van der Waals surface area contributed by atoms with E-state index < -0.39 is 0 Å². The summed E-state index contributed by atoms with van der Waals surface area (Å²) >= 11 is 0. The van der Waals surface area contributed by atoms with Crippen molar-refractivity contribution in [3.8, 4) is 0 Å². The minimum atomic E-state index is -0.0179. The molecule has 5 heteroatoms. The first kappa shape index (κ1) is 23.7. The molecule has 0 spiro atoms. The summed E-state index contributed by atoms with van der Waals surface area (Å²) in [5, 5.41) is 0. The van der Waals surface area contributed by atoms with Crippen molar-refractivity contribution in [3.63, 3.8) is 0 Å². The lowest BCUT2D eigenvalue weighted by atomic mass is 10.1. The zero-order valence-corrected chi connectivity index (χ0v) is 19.0. The minimum absolute atomic E-state index is 0.00115. The van der Waals surface area contributed by atoms with Crippen LogP contribution in [0.2, 0.25) is 0 Å². The van der Waals surface area contributed by atoms with Crippen LogP contribution in [0.3, 0.4) is 0 Å². The molecule has 2 rings (SSSR count). The van der Waals surface area contributed by atoms with Crippen LogP contribution in [0.5, 0.6) is 0 Å². The molecule has 0 aliphatic rings. The highest BCUT2D eigenvalue weighted by Crippen LogP contribution is 2.14. The third kappa shape index (κ3) is 7.36. The highest BCUT2D eigenvalue weighted by atomic mass is 16.2. The summed E-state index contributed by atoms with van der Waals surface area (Å²) in [5.41, 5.74) is 2.16. The number of nitrogens with zero attached hydrogens (tertiary/aromatic N) is 3. The van der Waals surface area contributed by atoms with Gasteiger partial charge in [0.15, 0.2) is 0 Å². The van der Waals surface area contributed by atoms with Gasteiger partial charge in [-0.1, -0.05) is 56.5 Å². The van der Waals surface area contributed by atoms with Gasteiger partial charge in [0.1, 0.15) is 0 Å². The van der Waals surface area contributed by atoms with Crippen LogP contribution in [0, 0.1) is 0 Å². The Balaban J connectivity index is 2.10. The Kier molecular flexibility index (Phi) is 9.65. The second-order valence-electron chi connectivity index (χ2n) is 8.27. The van der Waals surface area contributed by atoms with Crippen molar-refractivity contribution in [2.75, 3.05) is 6.54 Å². The van der Waals surface area contributed by atoms with Crippen molar-refractivity contribution < 1.29 is 9.59 Å². The van der Waals surface area contributed by atoms with Crippen molar-refractivity contribution in [2.24, 2.45) is 7.05 Å². The first-order valence-corrected chi connectivity index (χ1v) is 11.1. The van der Waals surface area contributed by atoms with E-state index in [-0.39, 0.29) is 24.4 Å². The normalized spacial score (nSPS) is 11.0. The number of carbonyl (C=O) groups excluding carboxylic acids is 2. The van der Waals surface area contributed by atoms with Crippen molar-refractivity contribution in [2.45, 2.75) is 72.0 Å². The second kappa shape index (κ2) is 12.2. The van der Waals surface area contributed by atoms with Crippen LogP contribution < -0.4 is 0 Å². The van der Waals surface area contributed by atoms with Crippen LogP contribution >= 0.6 is 0 Å². The van der Waals surface area contributed by atoms with Gasteiger partial charge in [-0.05, 0) is 38.0 Å². The molecular formula is C25H37N3O2. The van der Waals surface area contributed by atoms with Gasteiger partial charge >= 0.3 is 0 Å². The minimum Gasteiger partial charge on any atom is -0.353 e. The number of benzene rings is 1. The number of aromatic nitrogens is 1. The Labute approximate surface area is 181 Å². The fourth-order valence-electron chi connectivity index (χ4n) is 3.54. The molecule has 0 radical (unpaired) electrons. The van der Waals surface area contributed by atoms with Gasteiger partial charge in [0, 0.05) is 37.9 Å². The van der Waals surface area contributed by atoms with Crippen molar-refractivity contribution >= 4 is 11.8 Å². The van der Waals surface area contributed by atoms with Gasteiger partial charge in [-0.3, -0.25) is 9.59 Å². The largest absolute Gasteiger partial charge is 0.353 e. The summed E-state index contributed by atoms with van der Waals surface area (Å²) in [7, 11) is 1.99. The Bertz CT molecular complexity index is 783. The summed E-state index contributed by atoms with van der Waals surface area (Å²) in [6, 6.07) is 14.0. The number of amides is 2. The van der Waals surface area contributed by atoms with E-state index in [1.807, 2.05) is 79.0 Å². The van der Waals surface area contributed by atoms with Crippen molar-refractivity contribution in [1.29, 1.82) is 0 Å². The average molecular weight is 412 g/mol. The van der Waals surface area contributed by atoms with Crippen LogP contribution in [0.25, 0.3) is 0 Å². The summed E-state index contributed by atoms with van der Waals surface area (Å²) in [4.78, 5) is 29.7. The molecule has 0 atom stereocenters. The van der Waals surface area contributed by atoms with Gasteiger partial charge in [-0.15, -0.1) is 0 Å². The molecule has 0 saturated heterocycles. The molecule has 0 N–H and O–H groups in total. The van der Waals surface area contributed by atoms with Crippen molar-refractivity contribution in [3.05, 3.63) is 59.9 Å². The Morgan fingerprint density at radius 1 is 0.933 bits per heavy atom.